The molecular weight excluding hydrogens is 378 g/mol. The molecule has 22 heavy (non-hydrogen) atoms. The van der Waals surface area contributed by atoms with Gasteiger partial charge in [-0.05, 0) is 51.0 Å². The van der Waals surface area contributed by atoms with Crippen molar-refractivity contribution in [3.05, 3.63) is 79.1 Å². The van der Waals surface area contributed by atoms with E-state index in [4.69, 9.17) is 0 Å². The second kappa shape index (κ2) is 7.22. The minimum Gasteiger partial charge on any atom is -0.328 e. The van der Waals surface area contributed by atoms with Gasteiger partial charge in [-0.2, -0.15) is 0 Å². The number of thiophene rings is 2. The van der Waals surface area contributed by atoms with E-state index in [1.54, 1.807) is 22.7 Å². The highest BCUT2D eigenvalue weighted by atomic mass is 79.9. The van der Waals surface area contributed by atoms with Gasteiger partial charge in [0.1, 0.15) is 0 Å². The molecule has 0 unspecified atom stereocenters. The van der Waals surface area contributed by atoms with Gasteiger partial charge in [0.2, 0.25) is 0 Å². The van der Waals surface area contributed by atoms with E-state index in [-0.39, 0.29) is 5.91 Å². The van der Waals surface area contributed by atoms with E-state index in [0.717, 1.165) is 4.47 Å². The van der Waals surface area contributed by atoms with Crippen LogP contribution in [0.4, 0.5) is 0 Å². The molecular formula is C17H14BrNOS2. The third-order valence-electron chi connectivity index (χ3n) is 3.25. The molecule has 2 heterocycles. The standard InChI is InChI=1S/C17H14BrNOS2/c18-16-8-2-1-7-15(16)17(20)19(11-13-5-3-9-21-13)12-14-6-4-10-22-14/h1-10H,11-12H2. The Labute approximate surface area is 146 Å². The number of benzene rings is 1. The number of halogens is 1. The average molecular weight is 392 g/mol. The van der Waals surface area contributed by atoms with Gasteiger partial charge in [0.15, 0.2) is 0 Å². The topological polar surface area (TPSA) is 20.3 Å². The Bertz CT molecular complexity index is 702. The molecule has 0 spiro atoms. The molecule has 1 amide bonds. The zero-order chi connectivity index (χ0) is 15.4. The molecule has 0 bridgehead atoms. The zero-order valence-electron chi connectivity index (χ0n) is 11.7. The summed E-state index contributed by atoms with van der Waals surface area (Å²) in [6.07, 6.45) is 0. The maximum absolute atomic E-state index is 12.9. The molecule has 2 aromatic heterocycles. The normalized spacial score (nSPS) is 10.6. The molecule has 0 aliphatic carbocycles. The van der Waals surface area contributed by atoms with Crippen molar-refractivity contribution >= 4 is 44.5 Å². The van der Waals surface area contributed by atoms with Crippen LogP contribution in [0.25, 0.3) is 0 Å². The minimum atomic E-state index is 0.0503. The van der Waals surface area contributed by atoms with Gasteiger partial charge in [-0.3, -0.25) is 4.79 Å². The number of carbonyl (C=O) groups excluding carboxylic acids is 1. The highest BCUT2D eigenvalue weighted by Crippen LogP contribution is 2.23. The fraction of sp³-hybridized carbons (Fsp3) is 0.118. The zero-order valence-corrected chi connectivity index (χ0v) is 15.0. The molecule has 0 saturated carbocycles. The predicted octanol–water partition coefficient (Wildman–Crippen LogP) is 5.41. The lowest BCUT2D eigenvalue weighted by molar-refractivity contribution is 0.0732. The van der Waals surface area contributed by atoms with Crippen LogP contribution in [-0.4, -0.2) is 10.8 Å². The third kappa shape index (κ3) is 3.66. The molecule has 1 aromatic carbocycles. The van der Waals surface area contributed by atoms with Gasteiger partial charge >= 0.3 is 0 Å². The summed E-state index contributed by atoms with van der Waals surface area (Å²) in [6, 6.07) is 15.8. The van der Waals surface area contributed by atoms with Crippen LogP contribution >= 0.6 is 38.6 Å². The molecule has 0 N–H and O–H groups in total. The van der Waals surface area contributed by atoms with Gasteiger partial charge in [-0.25, -0.2) is 0 Å². The molecule has 3 rings (SSSR count). The van der Waals surface area contributed by atoms with Gasteiger partial charge in [0.05, 0.1) is 18.7 Å². The number of nitrogens with zero attached hydrogens (tertiary/aromatic N) is 1. The van der Waals surface area contributed by atoms with Crippen molar-refractivity contribution in [2.24, 2.45) is 0 Å². The maximum Gasteiger partial charge on any atom is 0.255 e. The fourth-order valence-corrected chi connectivity index (χ4v) is 4.08. The van der Waals surface area contributed by atoms with Gasteiger partial charge in [-0.15, -0.1) is 22.7 Å². The maximum atomic E-state index is 12.9. The van der Waals surface area contributed by atoms with Crippen molar-refractivity contribution in [2.45, 2.75) is 13.1 Å². The Hall–Kier alpha value is -1.43. The molecule has 3 aromatic rings. The lowest BCUT2D eigenvalue weighted by Crippen LogP contribution is -2.29. The average Bonchev–Trinajstić information content (AvgIpc) is 3.20. The van der Waals surface area contributed by atoms with Crippen molar-refractivity contribution in [3.8, 4) is 0 Å². The van der Waals surface area contributed by atoms with Crippen molar-refractivity contribution in [2.75, 3.05) is 0 Å². The predicted molar refractivity (Wildman–Crippen MR) is 96.4 cm³/mol. The lowest BCUT2D eigenvalue weighted by Gasteiger charge is -2.22. The van der Waals surface area contributed by atoms with Crippen molar-refractivity contribution in [3.63, 3.8) is 0 Å². The first-order chi connectivity index (χ1) is 10.7. The number of hydrogen-bond acceptors (Lipinski definition) is 3. The summed E-state index contributed by atoms with van der Waals surface area (Å²) in [6.45, 7) is 1.27. The van der Waals surface area contributed by atoms with E-state index in [1.165, 1.54) is 9.75 Å². The number of rotatable bonds is 5. The quantitative estimate of drug-likeness (QED) is 0.568. The van der Waals surface area contributed by atoms with Gasteiger partial charge in [0.25, 0.3) is 5.91 Å². The summed E-state index contributed by atoms with van der Waals surface area (Å²) in [5.74, 6) is 0.0503. The Balaban J connectivity index is 1.87. The van der Waals surface area contributed by atoms with E-state index in [2.05, 4.69) is 28.1 Å². The Morgan fingerprint density at radius 2 is 1.50 bits per heavy atom. The first-order valence-electron chi connectivity index (χ1n) is 6.82. The molecule has 0 radical (unpaired) electrons. The van der Waals surface area contributed by atoms with Crippen LogP contribution in [0.3, 0.4) is 0 Å². The van der Waals surface area contributed by atoms with Gasteiger partial charge in [-0.1, -0.05) is 24.3 Å². The molecule has 0 aliphatic heterocycles. The second-order valence-corrected chi connectivity index (χ2v) is 7.72. The SMILES string of the molecule is O=C(c1ccccc1Br)N(Cc1cccs1)Cc1cccs1. The van der Waals surface area contributed by atoms with E-state index >= 15 is 0 Å². The van der Waals surface area contributed by atoms with Gasteiger partial charge < -0.3 is 4.90 Å². The lowest BCUT2D eigenvalue weighted by atomic mass is 10.2. The Kier molecular flexibility index (Phi) is 5.08. The summed E-state index contributed by atoms with van der Waals surface area (Å²) < 4.78 is 0.836. The van der Waals surface area contributed by atoms with E-state index in [9.17, 15) is 4.79 Å². The van der Waals surface area contributed by atoms with E-state index in [1.807, 2.05) is 52.1 Å². The minimum absolute atomic E-state index is 0.0503. The number of amides is 1. The number of hydrogen-bond donors (Lipinski definition) is 0. The van der Waals surface area contributed by atoms with E-state index in [0.29, 0.717) is 18.7 Å². The highest BCUT2D eigenvalue weighted by molar-refractivity contribution is 9.10. The van der Waals surface area contributed by atoms with Crippen LogP contribution in [0, 0.1) is 0 Å². The molecule has 112 valence electrons. The van der Waals surface area contributed by atoms with Crippen molar-refractivity contribution < 1.29 is 4.79 Å². The molecule has 0 saturated heterocycles. The van der Waals surface area contributed by atoms with Crippen LogP contribution in [-0.2, 0) is 13.1 Å². The smallest absolute Gasteiger partial charge is 0.255 e. The summed E-state index contributed by atoms with van der Waals surface area (Å²) >= 11 is 6.84. The molecule has 5 heteroatoms. The molecule has 0 aliphatic rings. The largest absolute Gasteiger partial charge is 0.328 e. The molecule has 0 atom stereocenters. The van der Waals surface area contributed by atoms with Crippen molar-refractivity contribution in [1.82, 2.24) is 4.90 Å². The fourth-order valence-electron chi connectivity index (χ4n) is 2.19. The summed E-state index contributed by atoms with van der Waals surface area (Å²) in [5.41, 5.74) is 0.704. The van der Waals surface area contributed by atoms with Crippen LogP contribution in [0.15, 0.2) is 63.8 Å². The van der Waals surface area contributed by atoms with Crippen LogP contribution < -0.4 is 0 Å². The van der Waals surface area contributed by atoms with Crippen molar-refractivity contribution in [1.29, 1.82) is 0 Å². The molecule has 0 fully saturated rings. The van der Waals surface area contributed by atoms with Crippen LogP contribution in [0.2, 0.25) is 0 Å². The molecule has 2 nitrogen and oxygen atoms in total. The first kappa shape index (κ1) is 15.5. The summed E-state index contributed by atoms with van der Waals surface area (Å²) in [7, 11) is 0. The highest BCUT2D eigenvalue weighted by Gasteiger charge is 2.19. The van der Waals surface area contributed by atoms with Crippen LogP contribution in [0.5, 0.6) is 0 Å². The monoisotopic (exact) mass is 391 g/mol. The third-order valence-corrected chi connectivity index (χ3v) is 5.66. The van der Waals surface area contributed by atoms with Gasteiger partial charge in [0, 0.05) is 14.2 Å². The first-order valence-corrected chi connectivity index (χ1v) is 9.38. The summed E-state index contributed by atoms with van der Waals surface area (Å²) in [4.78, 5) is 17.2. The Morgan fingerprint density at radius 3 is 2.00 bits per heavy atom. The summed E-state index contributed by atoms with van der Waals surface area (Å²) in [5, 5.41) is 4.09. The second-order valence-electron chi connectivity index (χ2n) is 4.80. The van der Waals surface area contributed by atoms with Crippen LogP contribution in [0.1, 0.15) is 20.1 Å². The Morgan fingerprint density at radius 1 is 0.909 bits per heavy atom. The van der Waals surface area contributed by atoms with E-state index < -0.39 is 0 Å². The number of carbonyl (C=O) groups is 1.